The van der Waals surface area contributed by atoms with E-state index in [9.17, 15) is 4.79 Å². The smallest absolute Gasteiger partial charge is 0.662 e. The Labute approximate surface area is 98.1 Å². The number of ether oxygens (including phenoxy) is 1. The van der Waals surface area contributed by atoms with Crippen LogP contribution in [0.2, 0.25) is 0 Å². The van der Waals surface area contributed by atoms with Crippen molar-refractivity contribution in [3.8, 4) is 0 Å². The average Bonchev–Trinajstić information content (AvgIpc) is 2.18. The molecule has 0 amide bonds. The van der Waals surface area contributed by atoms with Crippen molar-refractivity contribution in [3.63, 3.8) is 0 Å². The average molecular weight is 191 g/mol. The van der Waals surface area contributed by atoms with Crippen LogP contribution in [0.4, 0.5) is 0 Å². The fraction of sp³-hybridized carbons (Fsp3) is 0.900. The molecule has 1 fully saturated rings. The number of esters is 1. The maximum atomic E-state index is 11.5. The van der Waals surface area contributed by atoms with Crippen molar-refractivity contribution in [1.29, 1.82) is 0 Å². The molecule has 76 valence electrons. The van der Waals surface area contributed by atoms with E-state index in [0.29, 0.717) is 6.61 Å². The van der Waals surface area contributed by atoms with Gasteiger partial charge in [-0.25, -0.2) is 0 Å². The van der Waals surface area contributed by atoms with Crippen molar-refractivity contribution >= 4 is 5.97 Å². The van der Waals surface area contributed by atoms with Gasteiger partial charge < -0.3 is 10.1 Å². The Hall–Kier alpha value is 0.0274. The number of hydrogen-bond acceptors (Lipinski definition) is 2. The fourth-order valence-electron chi connectivity index (χ4n) is 1.94. The summed E-state index contributed by atoms with van der Waals surface area (Å²) in [5, 5.41) is 4.23. The van der Waals surface area contributed by atoms with Gasteiger partial charge >= 0.3 is 24.8 Å². The van der Waals surface area contributed by atoms with Crippen LogP contribution in [0.3, 0.4) is 0 Å². The maximum absolute atomic E-state index is 11.5. The van der Waals surface area contributed by atoms with Crippen LogP contribution >= 0.6 is 0 Å². The third-order valence-corrected chi connectivity index (χ3v) is 2.65. The molecule has 2 atom stereocenters. The van der Waals surface area contributed by atoms with E-state index in [1.165, 1.54) is 6.42 Å². The minimum absolute atomic E-state index is 0. The first-order chi connectivity index (χ1) is 6.29. The van der Waals surface area contributed by atoms with Gasteiger partial charge in [0.25, 0.3) is 0 Å². The molecule has 0 N–H and O–H groups in total. The van der Waals surface area contributed by atoms with Crippen molar-refractivity contribution in [2.45, 2.75) is 38.6 Å². The van der Waals surface area contributed by atoms with E-state index in [2.05, 4.69) is 5.32 Å². The zero-order valence-electron chi connectivity index (χ0n) is 9.45. The quantitative estimate of drug-likeness (QED) is 0.429. The summed E-state index contributed by atoms with van der Waals surface area (Å²) in [6, 6.07) is 0.202. The van der Waals surface area contributed by atoms with Crippen LogP contribution < -0.4 is 18.9 Å². The van der Waals surface area contributed by atoms with Crippen LogP contribution in [-0.4, -0.2) is 25.7 Å². The number of hydrogen-bond donors (Lipinski definition) is 0. The van der Waals surface area contributed by atoms with Gasteiger partial charge in [0, 0.05) is 5.92 Å². The van der Waals surface area contributed by atoms with E-state index in [1.807, 2.05) is 6.92 Å². The van der Waals surface area contributed by atoms with Gasteiger partial charge in [-0.1, -0.05) is 19.3 Å². The Morgan fingerprint density at radius 3 is 2.64 bits per heavy atom. The van der Waals surface area contributed by atoms with E-state index in [4.69, 9.17) is 4.74 Å². The summed E-state index contributed by atoms with van der Waals surface area (Å²) in [5.74, 6) is -0.0310. The summed E-state index contributed by atoms with van der Waals surface area (Å²) in [4.78, 5) is 11.5. The third-order valence-electron chi connectivity index (χ3n) is 2.65. The molecule has 14 heavy (non-hydrogen) atoms. The first-order valence-electron chi connectivity index (χ1n) is 5.05. The topological polar surface area (TPSA) is 40.4 Å². The van der Waals surface area contributed by atoms with Crippen LogP contribution in [0.15, 0.2) is 0 Å². The van der Waals surface area contributed by atoms with Crippen molar-refractivity contribution in [1.82, 2.24) is 0 Å². The summed E-state index contributed by atoms with van der Waals surface area (Å²) in [7, 11) is 1.79. The predicted octanol–water partition coefficient (Wildman–Crippen LogP) is -0.884. The standard InChI is InChI=1S/C10H18NO2.Li/c1-3-13-10(12)8-6-4-5-7-9(8)11-2;/h8-9H,3-7H2,1-2H3;/q-1;+1. The summed E-state index contributed by atoms with van der Waals surface area (Å²) < 4.78 is 5.01. The Morgan fingerprint density at radius 1 is 1.43 bits per heavy atom. The number of carbonyl (C=O) groups is 1. The molecule has 0 spiro atoms. The molecular weight excluding hydrogens is 173 g/mol. The molecule has 0 saturated heterocycles. The van der Waals surface area contributed by atoms with Crippen LogP contribution in [0.5, 0.6) is 0 Å². The largest absolute Gasteiger partial charge is 1.00 e. The monoisotopic (exact) mass is 191 g/mol. The first-order valence-corrected chi connectivity index (χ1v) is 5.05. The Bertz CT molecular complexity index is 176. The van der Waals surface area contributed by atoms with Crippen LogP contribution in [0.1, 0.15) is 32.6 Å². The van der Waals surface area contributed by atoms with Crippen molar-refractivity contribution in [2.75, 3.05) is 13.7 Å². The van der Waals surface area contributed by atoms with Crippen molar-refractivity contribution in [3.05, 3.63) is 5.32 Å². The molecule has 0 aromatic rings. The second kappa shape index (κ2) is 7.34. The number of rotatable bonds is 3. The Morgan fingerprint density at radius 2 is 2.07 bits per heavy atom. The van der Waals surface area contributed by atoms with Gasteiger partial charge in [-0.3, -0.25) is 4.79 Å². The molecule has 1 aliphatic rings. The molecular formula is C10H18LiNO2. The van der Waals surface area contributed by atoms with Gasteiger partial charge in [0.05, 0.1) is 6.61 Å². The van der Waals surface area contributed by atoms with Gasteiger partial charge in [0.1, 0.15) is 0 Å². The second-order valence-electron chi connectivity index (χ2n) is 3.47. The van der Waals surface area contributed by atoms with E-state index in [-0.39, 0.29) is 36.8 Å². The van der Waals surface area contributed by atoms with E-state index < -0.39 is 0 Å². The van der Waals surface area contributed by atoms with Crippen LogP contribution in [0, 0.1) is 5.92 Å². The van der Waals surface area contributed by atoms with Crippen LogP contribution in [0.25, 0.3) is 5.32 Å². The van der Waals surface area contributed by atoms with Gasteiger partial charge in [-0.15, -0.1) is 6.04 Å². The Kier molecular flexibility index (Phi) is 7.35. The molecule has 0 aliphatic heterocycles. The molecule has 0 heterocycles. The van der Waals surface area contributed by atoms with E-state index in [1.54, 1.807) is 7.05 Å². The molecule has 1 aliphatic carbocycles. The zero-order valence-corrected chi connectivity index (χ0v) is 9.45. The third kappa shape index (κ3) is 3.65. The second-order valence-corrected chi connectivity index (χ2v) is 3.47. The van der Waals surface area contributed by atoms with E-state index in [0.717, 1.165) is 19.3 Å². The summed E-state index contributed by atoms with van der Waals surface area (Å²) in [6.45, 7) is 2.32. The minimum Gasteiger partial charge on any atom is -0.662 e. The predicted molar refractivity (Wildman–Crippen MR) is 51.7 cm³/mol. The van der Waals surface area contributed by atoms with Gasteiger partial charge in [0.15, 0.2) is 0 Å². The maximum Gasteiger partial charge on any atom is 1.00 e. The summed E-state index contributed by atoms with van der Waals surface area (Å²) >= 11 is 0. The van der Waals surface area contributed by atoms with Crippen LogP contribution in [-0.2, 0) is 9.53 Å². The van der Waals surface area contributed by atoms with Gasteiger partial charge in [-0.2, -0.15) is 7.05 Å². The summed E-state index contributed by atoms with van der Waals surface area (Å²) in [6.07, 6.45) is 4.31. The fourth-order valence-corrected chi connectivity index (χ4v) is 1.94. The minimum atomic E-state index is -0.0576. The normalized spacial score (nSPS) is 26.4. The Balaban J connectivity index is 0.00000169. The van der Waals surface area contributed by atoms with E-state index >= 15 is 0 Å². The molecule has 1 rings (SSSR count). The SMILES string of the molecule is CCOC(=O)C1CCCCC1[N-]C.[Li+]. The summed E-state index contributed by atoms with van der Waals surface area (Å²) in [5.41, 5.74) is 0. The molecule has 0 radical (unpaired) electrons. The molecule has 0 aromatic carbocycles. The van der Waals surface area contributed by atoms with Gasteiger partial charge in [-0.05, 0) is 13.3 Å². The molecule has 0 aromatic heterocycles. The molecule has 2 unspecified atom stereocenters. The van der Waals surface area contributed by atoms with Gasteiger partial charge in [0.2, 0.25) is 0 Å². The molecule has 0 bridgehead atoms. The molecule has 1 saturated carbocycles. The van der Waals surface area contributed by atoms with Crippen molar-refractivity contribution in [2.24, 2.45) is 5.92 Å². The first kappa shape index (κ1) is 14.0. The zero-order chi connectivity index (χ0) is 9.68. The van der Waals surface area contributed by atoms with Crippen molar-refractivity contribution < 1.29 is 28.4 Å². The molecule has 4 heteroatoms. The number of carbonyl (C=O) groups excluding carboxylic acids is 1. The molecule has 3 nitrogen and oxygen atoms in total. The number of nitrogens with zero attached hydrogens (tertiary/aromatic N) is 1.